The second kappa shape index (κ2) is 7.43. The maximum Gasteiger partial charge on any atom is 0.238 e. The molecule has 1 aliphatic heterocycles. The van der Waals surface area contributed by atoms with Crippen LogP contribution in [0.25, 0.3) is 0 Å². The van der Waals surface area contributed by atoms with E-state index in [-0.39, 0.29) is 12.5 Å². The van der Waals surface area contributed by atoms with Gasteiger partial charge in [-0.05, 0) is 56.3 Å². The number of nitrogens with two attached hydrogens (primary N) is 1. The zero-order valence-corrected chi connectivity index (χ0v) is 12.6. The minimum atomic E-state index is -0.0322. The van der Waals surface area contributed by atoms with Crippen molar-refractivity contribution in [1.82, 2.24) is 4.90 Å². The van der Waals surface area contributed by atoms with Gasteiger partial charge in [-0.1, -0.05) is 6.07 Å². The maximum absolute atomic E-state index is 12.1. The fourth-order valence-electron chi connectivity index (χ4n) is 2.90. The standard InChI is InChI=1S/C16H25N3O2/c1-12-4-5-15(14(17)9-12)18-16(21)11-19-7-2-3-13(10-19)6-8-20/h4-5,9,13,20H,2-3,6-8,10-11,17H2,1H3,(H,18,21). The van der Waals surface area contributed by atoms with Crippen molar-refractivity contribution in [3.05, 3.63) is 23.8 Å². The van der Waals surface area contributed by atoms with Crippen molar-refractivity contribution < 1.29 is 9.90 Å². The molecule has 116 valence electrons. The highest BCUT2D eigenvalue weighted by molar-refractivity contribution is 5.95. The van der Waals surface area contributed by atoms with Crippen molar-refractivity contribution in [2.75, 3.05) is 37.3 Å². The van der Waals surface area contributed by atoms with E-state index in [2.05, 4.69) is 10.2 Å². The Bertz CT molecular complexity index is 488. The molecule has 5 nitrogen and oxygen atoms in total. The zero-order chi connectivity index (χ0) is 15.2. The van der Waals surface area contributed by atoms with Crippen LogP contribution in [0.5, 0.6) is 0 Å². The molecular formula is C16H25N3O2. The number of anilines is 2. The number of aryl methyl sites for hydroxylation is 1. The van der Waals surface area contributed by atoms with Crippen LogP contribution in [0, 0.1) is 12.8 Å². The van der Waals surface area contributed by atoms with Crippen molar-refractivity contribution in [1.29, 1.82) is 0 Å². The van der Waals surface area contributed by atoms with Gasteiger partial charge in [0.1, 0.15) is 0 Å². The summed E-state index contributed by atoms with van der Waals surface area (Å²) in [5.74, 6) is 0.469. The Morgan fingerprint density at radius 1 is 1.52 bits per heavy atom. The highest BCUT2D eigenvalue weighted by atomic mass is 16.3. The lowest BCUT2D eigenvalue weighted by Gasteiger charge is -2.31. The van der Waals surface area contributed by atoms with Crippen LogP contribution in [0.2, 0.25) is 0 Å². The molecule has 0 radical (unpaired) electrons. The molecule has 21 heavy (non-hydrogen) atoms. The molecule has 0 spiro atoms. The number of carbonyl (C=O) groups excluding carboxylic acids is 1. The van der Waals surface area contributed by atoms with Crippen LogP contribution in [0.4, 0.5) is 11.4 Å². The first-order valence-corrected chi connectivity index (χ1v) is 7.57. The minimum Gasteiger partial charge on any atom is -0.397 e. The summed E-state index contributed by atoms with van der Waals surface area (Å²) in [6.45, 7) is 4.41. The molecule has 1 amide bonds. The lowest BCUT2D eigenvalue weighted by molar-refractivity contribution is -0.117. The second-order valence-corrected chi connectivity index (χ2v) is 5.89. The molecule has 2 rings (SSSR count). The molecule has 4 N–H and O–H groups in total. The third-order valence-electron chi connectivity index (χ3n) is 3.99. The molecule has 0 saturated carbocycles. The molecule has 5 heteroatoms. The van der Waals surface area contributed by atoms with Gasteiger partial charge in [0.25, 0.3) is 0 Å². The number of piperidine rings is 1. The second-order valence-electron chi connectivity index (χ2n) is 5.89. The summed E-state index contributed by atoms with van der Waals surface area (Å²) >= 11 is 0. The van der Waals surface area contributed by atoms with Crippen molar-refractivity contribution >= 4 is 17.3 Å². The molecule has 1 heterocycles. The van der Waals surface area contributed by atoms with Crippen LogP contribution in [0.15, 0.2) is 18.2 Å². The van der Waals surface area contributed by atoms with E-state index in [1.54, 1.807) is 0 Å². The molecule has 1 saturated heterocycles. The molecule has 0 aromatic heterocycles. The molecule has 1 fully saturated rings. The van der Waals surface area contributed by atoms with Gasteiger partial charge in [0.2, 0.25) is 5.91 Å². The van der Waals surface area contributed by atoms with Gasteiger partial charge in [0, 0.05) is 13.2 Å². The minimum absolute atomic E-state index is 0.0322. The van der Waals surface area contributed by atoms with Crippen molar-refractivity contribution in [2.45, 2.75) is 26.2 Å². The first-order chi connectivity index (χ1) is 10.1. The van der Waals surface area contributed by atoms with Crippen LogP contribution in [0.3, 0.4) is 0 Å². The predicted octanol–water partition coefficient (Wildman–Crippen LogP) is 1.61. The highest BCUT2D eigenvalue weighted by Gasteiger charge is 2.21. The number of nitrogens with zero attached hydrogens (tertiary/aromatic N) is 1. The normalized spacial score (nSPS) is 19.4. The molecule has 1 aromatic rings. The number of amides is 1. The van der Waals surface area contributed by atoms with E-state index in [4.69, 9.17) is 10.8 Å². The van der Waals surface area contributed by atoms with Gasteiger partial charge in [-0.15, -0.1) is 0 Å². The van der Waals surface area contributed by atoms with Crippen LogP contribution >= 0.6 is 0 Å². The number of carbonyl (C=O) groups is 1. The van der Waals surface area contributed by atoms with E-state index in [1.807, 2.05) is 25.1 Å². The third-order valence-corrected chi connectivity index (χ3v) is 3.99. The monoisotopic (exact) mass is 291 g/mol. The lowest BCUT2D eigenvalue weighted by Crippen LogP contribution is -2.40. The van der Waals surface area contributed by atoms with Gasteiger partial charge in [0.15, 0.2) is 0 Å². The van der Waals surface area contributed by atoms with Crippen molar-refractivity contribution in [3.8, 4) is 0 Å². The number of rotatable bonds is 5. The van der Waals surface area contributed by atoms with Crippen LogP contribution in [-0.4, -0.2) is 42.2 Å². The maximum atomic E-state index is 12.1. The van der Waals surface area contributed by atoms with Gasteiger partial charge in [-0.3, -0.25) is 9.69 Å². The van der Waals surface area contributed by atoms with Crippen LogP contribution < -0.4 is 11.1 Å². The molecule has 1 aliphatic rings. The average Bonchev–Trinajstić information content (AvgIpc) is 2.43. The number of likely N-dealkylation sites (tertiary alicyclic amines) is 1. The Balaban J connectivity index is 1.86. The van der Waals surface area contributed by atoms with Gasteiger partial charge in [0.05, 0.1) is 17.9 Å². The zero-order valence-electron chi connectivity index (χ0n) is 12.6. The summed E-state index contributed by atoms with van der Waals surface area (Å²) in [7, 11) is 0. The number of benzene rings is 1. The smallest absolute Gasteiger partial charge is 0.238 e. The Morgan fingerprint density at radius 2 is 2.33 bits per heavy atom. The van der Waals surface area contributed by atoms with Crippen LogP contribution in [-0.2, 0) is 4.79 Å². The van der Waals surface area contributed by atoms with Crippen LogP contribution in [0.1, 0.15) is 24.8 Å². The van der Waals surface area contributed by atoms with E-state index in [9.17, 15) is 4.79 Å². The number of aliphatic hydroxyl groups is 1. The lowest BCUT2D eigenvalue weighted by atomic mass is 9.95. The van der Waals surface area contributed by atoms with E-state index in [0.717, 1.165) is 37.9 Å². The Morgan fingerprint density at radius 3 is 3.05 bits per heavy atom. The summed E-state index contributed by atoms with van der Waals surface area (Å²) in [5.41, 5.74) is 8.26. The van der Waals surface area contributed by atoms with E-state index in [0.29, 0.717) is 23.8 Å². The number of nitrogen functional groups attached to an aromatic ring is 1. The SMILES string of the molecule is Cc1ccc(NC(=O)CN2CCCC(CCO)C2)c(N)c1. The molecule has 1 aromatic carbocycles. The molecular weight excluding hydrogens is 266 g/mol. The van der Waals surface area contributed by atoms with Gasteiger partial charge >= 0.3 is 0 Å². The topological polar surface area (TPSA) is 78.6 Å². The summed E-state index contributed by atoms with van der Waals surface area (Å²) in [4.78, 5) is 14.3. The van der Waals surface area contributed by atoms with E-state index < -0.39 is 0 Å². The van der Waals surface area contributed by atoms with Gasteiger partial charge < -0.3 is 16.2 Å². The number of aliphatic hydroxyl groups excluding tert-OH is 1. The Kier molecular flexibility index (Phi) is 5.59. The van der Waals surface area contributed by atoms with E-state index in [1.165, 1.54) is 0 Å². The fraction of sp³-hybridized carbons (Fsp3) is 0.562. The fourth-order valence-corrected chi connectivity index (χ4v) is 2.90. The highest BCUT2D eigenvalue weighted by Crippen LogP contribution is 2.21. The molecule has 0 aliphatic carbocycles. The number of nitrogens with one attached hydrogen (secondary N) is 1. The van der Waals surface area contributed by atoms with Crippen molar-refractivity contribution in [3.63, 3.8) is 0 Å². The number of hydrogen-bond acceptors (Lipinski definition) is 4. The van der Waals surface area contributed by atoms with Crippen molar-refractivity contribution in [2.24, 2.45) is 5.92 Å². The average molecular weight is 291 g/mol. The predicted molar refractivity (Wildman–Crippen MR) is 85.1 cm³/mol. The Labute approximate surface area is 126 Å². The molecule has 1 atom stereocenters. The number of hydrogen-bond donors (Lipinski definition) is 3. The van der Waals surface area contributed by atoms with Gasteiger partial charge in [-0.2, -0.15) is 0 Å². The molecule has 1 unspecified atom stereocenters. The molecule has 0 bridgehead atoms. The summed E-state index contributed by atoms with van der Waals surface area (Å²) in [5, 5.41) is 11.9. The summed E-state index contributed by atoms with van der Waals surface area (Å²) in [6.07, 6.45) is 3.05. The summed E-state index contributed by atoms with van der Waals surface area (Å²) in [6, 6.07) is 5.63. The largest absolute Gasteiger partial charge is 0.397 e. The quantitative estimate of drug-likeness (QED) is 0.720. The van der Waals surface area contributed by atoms with Gasteiger partial charge in [-0.25, -0.2) is 0 Å². The van der Waals surface area contributed by atoms with E-state index >= 15 is 0 Å². The third kappa shape index (κ3) is 4.72. The summed E-state index contributed by atoms with van der Waals surface area (Å²) < 4.78 is 0. The Hall–Kier alpha value is -1.59. The first-order valence-electron chi connectivity index (χ1n) is 7.57. The first kappa shape index (κ1) is 15.8.